The van der Waals surface area contributed by atoms with Crippen molar-refractivity contribution in [3.63, 3.8) is 0 Å². The van der Waals surface area contributed by atoms with Crippen molar-refractivity contribution in [1.82, 2.24) is 40.0 Å². The van der Waals surface area contributed by atoms with Crippen molar-refractivity contribution < 1.29 is 36.3 Å². The van der Waals surface area contributed by atoms with Crippen molar-refractivity contribution in [1.29, 1.82) is 0 Å². The maximum absolute atomic E-state index is 14.1. The Morgan fingerprint density at radius 3 is 2.60 bits per heavy atom. The maximum Gasteiger partial charge on any atom is 0.393 e. The number of ether oxygens (including phenoxy) is 1. The Balaban J connectivity index is 1.33. The number of rotatable bonds is 9. The highest BCUT2D eigenvalue weighted by Gasteiger charge is 2.45. The van der Waals surface area contributed by atoms with Crippen molar-refractivity contribution in [2.45, 2.75) is 76.6 Å². The summed E-state index contributed by atoms with van der Waals surface area (Å²) in [6.45, 7) is 2.84. The minimum Gasteiger partial charge on any atom is -0.381 e. The lowest BCUT2D eigenvalue weighted by Gasteiger charge is -2.33. The monoisotopic (exact) mass is 638 g/mol. The van der Waals surface area contributed by atoms with Gasteiger partial charge < -0.3 is 15.4 Å². The Bertz CT molecular complexity index is 1540. The van der Waals surface area contributed by atoms with Gasteiger partial charge in [-0.15, -0.1) is 0 Å². The second-order valence-corrected chi connectivity index (χ2v) is 12.3. The lowest BCUT2D eigenvalue weighted by Crippen LogP contribution is -2.47. The number of hydrogen-bond donors (Lipinski definition) is 2. The summed E-state index contributed by atoms with van der Waals surface area (Å²) in [4.78, 5) is 35.4. The van der Waals surface area contributed by atoms with Crippen LogP contribution in [-0.2, 0) is 28.9 Å². The number of halogens is 5. The Hall–Kier alpha value is -3.69. The Morgan fingerprint density at radius 2 is 1.93 bits per heavy atom. The first-order chi connectivity index (χ1) is 21.4. The highest BCUT2D eigenvalue weighted by molar-refractivity contribution is 5.92. The predicted molar refractivity (Wildman–Crippen MR) is 148 cm³/mol. The van der Waals surface area contributed by atoms with Gasteiger partial charge in [0, 0.05) is 50.4 Å². The SMILES string of the molecule is CCn1nccc1C(=O)N[C@H](c1cn2nc(C[C@H]3C[C@@H](C(F)(F)F)CNC3=O)c(CC3COC3)nc2n1)C1CCC(F)(F)CC1. The number of aryl methyl sites for hydroxylation is 1. The van der Waals surface area contributed by atoms with Crippen molar-refractivity contribution >= 4 is 17.6 Å². The summed E-state index contributed by atoms with van der Waals surface area (Å²) in [6.07, 6.45) is -1.64. The fourth-order valence-electron chi connectivity index (χ4n) is 6.43. The molecule has 1 saturated carbocycles. The van der Waals surface area contributed by atoms with Gasteiger partial charge in [0.05, 0.1) is 48.5 Å². The smallest absolute Gasteiger partial charge is 0.381 e. The largest absolute Gasteiger partial charge is 0.393 e. The molecule has 1 aliphatic carbocycles. The van der Waals surface area contributed by atoms with Crippen molar-refractivity contribution in [3.8, 4) is 0 Å². The molecule has 2 saturated heterocycles. The van der Waals surface area contributed by atoms with Crippen LogP contribution in [0.25, 0.3) is 5.78 Å². The van der Waals surface area contributed by atoms with Crippen LogP contribution in [0.15, 0.2) is 18.5 Å². The summed E-state index contributed by atoms with van der Waals surface area (Å²) < 4.78 is 76.9. The standard InChI is InChI=1S/C29H35F5N8O3/c1-2-41-23(5-8-36-41)26(44)39-24(17-3-6-28(30,31)7-4-17)22-13-42-27(38-22)37-20(9-16-14-45-15-16)21(40-42)11-18-10-19(29(32,33)34)12-35-25(18)43/h5,8,13,16-19,24H,2-4,6-7,9-12,14-15H2,1H3,(H,35,43)(H,39,44)/t18-,19-,24+/m1/s1. The summed E-state index contributed by atoms with van der Waals surface area (Å²) in [5, 5.41) is 14.2. The third-order valence-electron chi connectivity index (χ3n) is 9.13. The zero-order valence-electron chi connectivity index (χ0n) is 24.7. The minimum absolute atomic E-state index is 0.0450. The van der Waals surface area contributed by atoms with E-state index in [4.69, 9.17) is 9.72 Å². The van der Waals surface area contributed by atoms with E-state index < -0.39 is 48.3 Å². The first-order valence-corrected chi connectivity index (χ1v) is 15.3. The first kappa shape index (κ1) is 31.3. The zero-order valence-corrected chi connectivity index (χ0v) is 24.7. The number of alkyl halides is 5. The number of carbonyl (C=O) groups is 2. The van der Waals surface area contributed by atoms with Gasteiger partial charge >= 0.3 is 6.18 Å². The molecular weight excluding hydrogens is 603 g/mol. The normalized spacial score (nSPS) is 23.5. The average molecular weight is 639 g/mol. The van der Waals surface area contributed by atoms with Gasteiger partial charge in [0.1, 0.15) is 5.69 Å². The third kappa shape index (κ3) is 6.79. The van der Waals surface area contributed by atoms with E-state index in [1.165, 1.54) is 15.4 Å². The summed E-state index contributed by atoms with van der Waals surface area (Å²) in [6, 6.07) is 0.839. The first-order valence-electron chi connectivity index (χ1n) is 15.3. The number of aromatic nitrogens is 6. The van der Waals surface area contributed by atoms with E-state index in [2.05, 4.69) is 25.8 Å². The van der Waals surface area contributed by atoms with Gasteiger partial charge in [-0.3, -0.25) is 14.3 Å². The highest BCUT2D eigenvalue weighted by atomic mass is 19.4. The van der Waals surface area contributed by atoms with Crippen molar-refractivity contribution in [2.24, 2.45) is 23.7 Å². The fraction of sp³-hybridized carbons (Fsp3) is 0.655. The molecule has 2 amide bonds. The molecule has 0 bridgehead atoms. The minimum atomic E-state index is -4.44. The Kier molecular flexibility index (Phi) is 8.52. The molecule has 244 valence electrons. The molecule has 5 heterocycles. The van der Waals surface area contributed by atoms with E-state index >= 15 is 0 Å². The topological polar surface area (TPSA) is 128 Å². The molecule has 11 nitrogen and oxygen atoms in total. The number of carbonyl (C=O) groups excluding carboxylic acids is 2. The molecule has 3 fully saturated rings. The molecule has 3 aliphatic rings. The fourth-order valence-corrected chi connectivity index (χ4v) is 6.43. The number of fused-ring (bicyclic) bond motifs is 1. The summed E-state index contributed by atoms with van der Waals surface area (Å²) in [5.74, 6) is -6.28. The number of nitrogens with one attached hydrogen (secondary N) is 2. The predicted octanol–water partition coefficient (Wildman–Crippen LogP) is 3.68. The van der Waals surface area contributed by atoms with Crippen LogP contribution in [0.1, 0.15) is 72.6 Å². The quantitative estimate of drug-likeness (QED) is 0.343. The average Bonchev–Trinajstić information content (AvgIpc) is 3.61. The summed E-state index contributed by atoms with van der Waals surface area (Å²) in [7, 11) is 0. The molecule has 16 heteroatoms. The highest BCUT2D eigenvalue weighted by Crippen LogP contribution is 2.41. The van der Waals surface area contributed by atoms with Gasteiger partial charge in [-0.05, 0) is 44.6 Å². The van der Waals surface area contributed by atoms with Crippen LogP contribution >= 0.6 is 0 Å². The Morgan fingerprint density at radius 1 is 1.18 bits per heavy atom. The number of imidazole rings is 1. The lowest BCUT2D eigenvalue weighted by atomic mass is 9.81. The lowest BCUT2D eigenvalue weighted by molar-refractivity contribution is -0.183. The number of nitrogens with zero attached hydrogens (tertiary/aromatic N) is 6. The third-order valence-corrected chi connectivity index (χ3v) is 9.13. The molecule has 2 aliphatic heterocycles. The van der Waals surface area contributed by atoms with E-state index in [0.717, 1.165) is 0 Å². The van der Waals surface area contributed by atoms with Crippen LogP contribution in [0, 0.1) is 23.7 Å². The van der Waals surface area contributed by atoms with Gasteiger partial charge in [-0.1, -0.05) is 0 Å². The van der Waals surface area contributed by atoms with Crippen LogP contribution in [0.3, 0.4) is 0 Å². The molecule has 0 radical (unpaired) electrons. The number of amides is 2. The number of piperidine rings is 1. The van der Waals surface area contributed by atoms with Crippen LogP contribution in [0.5, 0.6) is 0 Å². The molecule has 3 aromatic rings. The molecule has 2 N–H and O–H groups in total. The molecule has 3 atom stereocenters. The van der Waals surface area contributed by atoms with E-state index in [0.29, 0.717) is 49.0 Å². The van der Waals surface area contributed by atoms with Gasteiger partial charge in [0.25, 0.3) is 11.7 Å². The maximum atomic E-state index is 14.1. The Labute approximate surface area is 255 Å². The zero-order chi connectivity index (χ0) is 31.9. The van der Waals surface area contributed by atoms with Crippen molar-refractivity contribution in [2.75, 3.05) is 19.8 Å². The van der Waals surface area contributed by atoms with Gasteiger partial charge in [0.15, 0.2) is 0 Å². The molecular formula is C29H35F5N8O3. The van der Waals surface area contributed by atoms with Gasteiger partial charge in [-0.2, -0.15) is 23.4 Å². The molecule has 6 rings (SSSR count). The number of hydrogen-bond acceptors (Lipinski definition) is 7. The molecule has 45 heavy (non-hydrogen) atoms. The van der Waals surface area contributed by atoms with Crippen molar-refractivity contribution in [3.05, 3.63) is 41.2 Å². The van der Waals surface area contributed by atoms with E-state index in [1.807, 2.05) is 6.92 Å². The van der Waals surface area contributed by atoms with Crippen LogP contribution in [0.2, 0.25) is 0 Å². The molecule has 0 unspecified atom stereocenters. The molecule has 0 aromatic carbocycles. The summed E-state index contributed by atoms with van der Waals surface area (Å²) in [5.41, 5.74) is 1.59. The molecule has 3 aromatic heterocycles. The van der Waals surface area contributed by atoms with E-state index in [1.54, 1.807) is 12.3 Å². The van der Waals surface area contributed by atoms with Crippen LogP contribution < -0.4 is 10.6 Å². The van der Waals surface area contributed by atoms with Crippen LogP contribution in [0.4, 0.5) is 22.0 Å². The summed E-state index contributed by atoms with van der Waals surface area (Å²) >= 11 is 0. The van der Waals surface area contributed by atoms with E-state index in [-0.39, 0.29) is 56.1 Å². The van der Waals surface area contributed by atoms with Gasteiger partial charge in [0.2, 0.25) is 11.8 Å². The van der Waals surface area contributed by atoms with Gasteiger partial charge in [-0.25, -0.2) is 23.3 Å². The second kappa shape index (κ2) is 12.2. The second-order valence-electron chi connectivity index (χ2n) is 12.3. The van der Waals surface area contributed by atoms with E-state index in [9.17, 15) is 31.5 Å². The van der Waals surface area contributed by atoms with Crippen LogP contribution in [-0.4, -0.2) is 73.0 Å². The molecule has 0 spiro atoms.